The van der Waals surface area contributed by atoms with Crippen LogP contribution >= 0.6 is 0 Å². The number of rotatable bonds is 1. The number of aryl methyl sites for hydroxylation is 1. The molecule has 0 aliphatic carbocycles. The van der Waals surface area contributed by atoms with Crippen molar-refractivity contribution >= 4 is 11.6 Å². The molecule has 0 saturated heterocycles. The second-order valence-corrected chi connectivity index (χ2v) is 2.37. The van der Waals surface area contributed by atoms with Crippen LogP contribution in [0.5, 0.6) is 0 Å². The minimum atomic E-state index is -0.0596. The smallest absolute Gasteiger partial charge is 0.221 e. The molecule has 58 valence electrons. The van der Waals surface area contributed by atoms with Gasteiger partial charge in [-0.15, -0.1) is 0 Å². The van der Waals surface area contributed by atoms with Crippen molar-refractivity contribution in [2.45, 2.75) is 13.8 Å². The Balaban J connectivity index is 2.79. The summed E-state index contributed by atoms with van der Waals surface area (Å²) < 4.78 is 0. The second-order valence-electron chi connectivity index (χ2n) is 2.37. The highest BCUT2D eigenvalue weighted by Gasteiger charge is 1.93. The van der Waals surface area contributed by atoms with Gasteiger partial charge in [-0.1, -0.05) is 0 Å². The van der Waals surface area contributed by atoms with E-state index in [1.165, 1.54) is 6.92 Å². The summed E-state index contributed by atoms with van der Waals surface area (Å²) in [6.45, 7) is 3.36. The van der Waals surface area contributed by atoms with Gasteiger partial charge in [-0.3, -0.25) is 9.78 Å². The fraction of sp³-hybridized carbons (Fsp3) is 0.250. The molecule has 11 heavy (non-hydrogen) atoms. The normalized spacial score (nSPS) is 9.27. The summed E-state index contributed by atoms with van der Waals surface area (Å²) in [6, 6.07) is 3.58. The molecule has 0 radical (unpaired) electrons. The van der Waals surface area contributed by atoms with Gasteiger partial charge in [-0.05, 0) is 19.1 Å². The van der Waals surface area contributed by atoms with Crippen LogP contribution in [0.1, 0.15) is 12.6 Å². The predicted molar refractivity (Wildman–Crippen MR) is 43.3 cm³/mol. The Hall–Kier alpha value is -1.38. The van der Waals surface area contributed by atoms with Crippen LogP contribution in [0.15, 0.2) is 18.3 Å². The van der Waals surface area contributed by atoms with Crippen LogP contribution in [0.3, 0.4) is 0 Å². The lowest BCUT2D eigenvalue weighted by atomic mass is 10.3. The molecule has 1 aromatic heterocycles. The van der Waals surface area contributed by atoms with E-state index in [0.717, 1.165) is 11.4 Å². The Morgan fingerprint density at radius 3 is 2.91 bits per heavy atom. The Labute approximate surface area is 65.5 Å². The van der Waals surface area contributed by atoms with Gasteiger partial charge in [0, 0.05) is 24.5 Å². The Bertz CT molecular complexity index is 271. The number of carbonyl (C=O) groups excluding carboxylic acids is 1. The summed E-state index contributed by atoms with van der Waals surface area (Å²) >= 11 is 0. The molecule has 0 atom stereocenters. The molecule has 0 spiro atoms. The van der Waals surface area contributed by atoms with Crippen LogP contribution < -0.4 is 5.32 Å². The summed E-state index contributed by atoms with van der Waals surface area (Å²) in [5.74, 6) is -0.0596. The molecule has 1 amide bonds. The molecule has 0 unspecified atom stereocenters. The van der Waals surface area contributed by atoms with Gasteiger partial charge in [0.1, 0.15) is 0 Å². The van der Waals surface area contributed by atoms with E-state index in [-0.39, 0.29) is 5.91 Å². The van der Waals surface area contributed by atoms with Crippen LogP contribution in [0, 0.1) is 6.92 Å². The van der Waals surface area contributed by atoms with Crippen molar-refractivity contribution in [2.24, 2.45) is 0 Å². The summed E-state index contributed by atoms with van der Waals surface area (Å²) in [5.41, 5.74) is 1.70. The minimum Gasteiger partial charge on any atom is -0.326 e. The lowest BCUT2D eigenvalue weighted by molar-refractivity contribution is -0.114. The molecule has 3 heteroatoms. The molecule has 0 aromatic carbocycles. The van der Waals surface area contributed by atoms with E-state index >= 15 is 0 Å². The number of nitrogens with one attached hydrogen (secondary N) is 1. The summed E-state index contributed by atoms with van der Waals surface area (Å²) in [4.78, 5) is 14.6. The lowest BCUT2D eigenvalue weighted by Gasteiger charge is -2.00. The average molecular weight is 150 g/mol. The standard InChI is InChI=1S/C8H10N2O/c1-6-5-8(3-4-9-6)10-7(2)11/h3-5H,1-2H3,(H,9,10,11). The largest absolute Gasteiger partial charge is 0.326 e. The van der Waals surface area contributed by atoms with Crippen LogP contribution in [0.4, 0.5) is 5.69 Å². The van der Waals surface area contributed by atoms with Crippen molar-refractivity contribution in [1.82, 2.24) is 4.98 Å². The number of hydrogen-bond donors (Lipinski definition) is 1. The topological polar surface area (TPSA) is 42.0 Å². The summed E-state index contributed by atoms with van der Waals surface area (Å²) in [6.07, 6.45) is 1.67. The molecule has 3 nitrogen and oxygen atoms in total. The minimum absolute atomic E-state index is 0.0596. The van der Waals surface area contributed by atoms with Crippen molar-refractivity contribution in [3.63, 3.8) is 0 Å². The number of hydrogen-bond acceptors (Lipinski definition) is 2. The first kappa shape index (κ1) is 7.72. The van der Waals surface area contributed by atoms with Crippen LogP contribution in [-0.4, -0.2) is 10.9 Å². The number of amides is 1. The van der Waals surface area contributed by atoms with Gasteiger partial charge >= 0.3 is 0 Å². The van der Waals surface area contributed by atoms with E-state index in [9.17, 15) is 4.79 Å². The molecule has 0 aliphatic rings. The first-order valence-electron chi connectivity index (χ1n) is 3.39. The van der Waals surface area contributed by atoms with Crippen molar-refractivity contribution in [1.29, 1.82) is 0 Å². The van der Waals surface area contributed by atoms with Crippen LogP contribution in [0.2, 0.25) is 0 Å². The quantitative estimate of drug-likeness (QED) is 0.656. The fourth-order valence-corrected chi connectivity index (χ4v) is 0.827. The van der Waals surface area contributed by atoms with E-state index in [2.05, 4.69) is 10.3 Å². The maximum Gasteiger partial charge on any atom is 0.221 e. The van der Waals surface area contributed by atoms with Gasteiger partial charge in [0.25, 0.3) is 0 Å². The number of carbonyl (C=O) groups is 1. The van der Waals surface area contributed by atoms with Gasteiger partial charge in [0.05, 0.1) is 0 Å². The third-order valence-electron chi connectivity index (χ3n) is 1.22. The molecule has 1 heterocycles. The first-order chi connectivity index (χ1) is 5.18. The number of anilines is 1. The van der Waals surface area contributed by atoms with E-state index in [1.54, 1.807) is 12.3 Å². The molecule has 0 aliphatic heterocycles. The van der Waals surface area contributed by atoms with Crippen molar-refractivity contribution in [2.75, 3.05) is 5.32 Å². The third kappa shape index (κ3) is 2.37. The van der Waals surface area contributed by atoms with E-state index in [0.29, 0.717) is 0 Å². The molecular formula is C8H10N2O. The van der Waals surface area contributed by atoms with Gasteiger partial charge in [-0.25, -0.2) is 0 Å². The summed E-state index contributed by atoms with van der Waals surface area (Å²) in [5, 5.41) is 2.67. The molecule has 1 N–H and O–H groups in total. The van der Waals surface area contributed by atoms with E-state index < -0.39 is 0 Å². The third-order valence-corrected chi connectivity index (χ3v) is 1.22. The van der Waals surface area contributed by atoms with Crippen molar-refractivity contribution in [3.05, 3.63) is 24.0 Å². The SMILES string of the molecule is CC(=O)Nc1ccnc(C)c1. The molecule has 1 rings (SSSR count). The highest BCUT2D eigenvalue weighted by atomic mass is 16.1. The Morgan fingerprint density at radius 2 is 2.36 bits per heavy atom. The molecule has 1 aromatic rings. The predicted octanol–water partition coefficient (Wildman–Crippen LogP) is 1.35. The van der Waals surface area contributed by atoms with Gasteiger partial charge < -0.3 is 5.32 Å². The molecule has 0 fully saturated rings. The molecule has 0 saturated carbocycles. The molecule has 0 bridgehead atoms. The Morgan fingerprint density at radius 1 is 1.64 bits per heavy atom. The monoisotopic (exact) mass is 150 g/mol. The zero-order valence-electron chi connectivity index (χ0n) is 6.59. The van der Waals surface area contributed by atoms with Gasteiger partial charge in [0.2, 0.25) is 5.91 Å². The van der Waals surface area contributed by atoms with E-state index in [1.807, 2.05) is 13.0 Å². The van der Waals surface area contributed by atoms with Crippen LogP contribution in [0.25, 0.3) is 0 Å². The number of pyridine rings is 1. The zero-order chi connectivity index (χ0) is 8.27. The van der Waals surface area contributed by atoms with Gasteiger partial charge in [-0.2, -0.15) is 0 Å². The maximum atomic E-state index is 10.6. The van der Waals surface area contributed by atoms with E-state index in [4.69, 9.17) is 0 Å². The second kappa shape index (κ2) is 3.14. The lowest BCUT2D eigenvalue weighted by Crippen LogP contribution is -2.05. The van der Waals surface area contributed by atoms with Crippen molar-refractivity contribution < 1.29 is 4.79 Å². The Kier molecular flexibility index (Phi) is 2.21. The van der Waals surface area contributed by atoms with Crippen molar-refractivity contribution in [3.8, 4) is 0 Å². The van der Waals surface area contributed by atoms with Crippen LogP contribution in [-0.2, 0) is 4.79 Å². The highest BCUT2D eigenvalue weighted by Crippen LogP contribution is 2.05. The zero-order valence-corrected chi connectivity index (χ0v) is 6.59. The molecular weight excluding hydrogens is 140 g/mol. The first-order valence-corrected chi connectivity index (χ1v) is 3.39. The number of aromatic nitrogens is 1. The highest BCUT2D eigenvalue weighted by molar-refractivity contribution is 5.88. The number of nitrogens with zero attached hydrogens (tertiary/aromatic N) is 1. The van der Waals surface area contributed by atoms with Gasteiger partial charge in [0.15, 0.2) is 0 Å². The fourth-order valence-electron chi connectivity index (χ4n) is 0.827. The average Bonchev–Trinajstić information content (AvgIpc) is 1.85. The maximum absolute atomic E-state index is 10.6. The summed E-state index contributed by atoms with van der Waals surface area (Å²) in [7, 11) is 0.